The zero-order valence-electron chi connectivity index (χ0n) is 11.5. The Kier molecular flexibility index (Phi) is 5.45. The van der Waals surface area contributed by atoms with Crippen LogP contribution in [0, 0.1) is 0 Å². The van der Waals surface area contributed by atoms with Gasteiger partial charge in [0.15, 0.2) is 0 Å². The highest BCUT2D eigenvalue weighted by Gasteiger charge is 2.17. The smallest absolute Gasteiger partial charge is 0.124 e. The third-order valence-corrected chi connectivity index (χ3v) is 3.21. The van der Waals surface area contributed by atoms with Crippen molar-refractivity contribution < 1.29 is 9.47 Å². The van der Waals surface area contributed by atoms with Crippen molar-refractivity contribution in [1.82, 2.24) is 0 Å². The highest BCUT2D eigenvalue weighted by molar-refractivity contribution is 6.30. The summed E-state index contributed by atoms with van der Waals surface area (Å²) in [4.78, 5) is 0. The molecule has 0 saturated heterocycles. The van der Waals surface area contributed by atoms with Gasteiger partial charge in [-0.15, -0.1) is 0 Å². The van der Waals surface area contributed by atoms with Crippen LogP contribution in [0.3, 0.4) is 0 Å². The van der Waals surface area contributed by atoms with E-state index in [1.165, 1.54) is 0 Å². The van der Waals surface area contributed by atoms with Crippen molar-refractivity contribution >= 4 is 11.6 Å². The summed E-state index contributed by atoms with van der Waals surface area (Å²) in [5.74, 6) is 0.793. The molecule has 1 aromatic rings. The molecule has 4 heteroatoms. The molecule has 2 N–H and O–H groups in total. The molecule has 3 nitrogen and oxygen atoms in total. The Hall–Kier alpha value is -0.770. The lowest BCUT2D eigenvalue weighted by molar-refractivity contribution is 0.00536. The summed E-state index contributed by atoms with van der Waals surface area (Å²) in [6, 6.07) is 5.42. The molecule has 0 radical (unpaired) electrons. The molecule has 0 aliphatic carbocycles. The third-order valence-electron chi connectivity index (χ3n) is 2.98. The molecule has 1 unspecified atom stereocenters. The average Bonchev–Trinajstić information content (AvgIpc) is 2.30. The summed E-state index contributed by atoms with van der Waals surface area (Å²) < 4.78 is 11.1. The first-order chi connectivity index (χ1) is 8.35. The van der Waals surface area contributed by atoms with E-state index in [2.05, 4.69) is 0 Å². The molecule has 0 heterocycles. The van der Waals surface area contributed by atoms with E-state index in [9.17, 15) is 0 Å². The van der Waals surface area contributed by atoms with Crippen LogP contribution in [0.5, 0.6) is 5.75 Å². The van der Waals surface area contributed by atoms with E-state index in [0.29, 0.717) is 11.6 Å². The van der Waals surface area contributed by atoms with Gasteiger partial charge in [0.1, 0.15) is 5.75 Å². The first-order valence-electron chi connectivity index (χ1n) is 6.09. The van der Waals surface area contributed by atoms with E-state index in [0.717, 1.165) is 17.7 Å². The molecular formula is C14H22ClNO2. The predicted octanol–water partition coefficient (Wildman–Crippen LogP) is 3.55. The minimum Gasteiger partial charge on any atom is -0.493 e. The number of rotatable bonds is 6. The first kappa shape index (κ1) is 15.3. The molecule has 102 valence electrons. The molecule has 18 heavy (non-hydrogen) atoms. The Morgan fingerprint density at radius 2 is 2.06 bits per heavy atom. The number of methoxy groups -OCH3 is 1. The van der Waals surface area contributed by atoms with Crippen molar-refractivity contribution in [3.8, 4) is 5.75 Å². The lowest BCUT2D eigenvalue weighted by atomic mass is 10.1. The van der Waals surface area contributed by atoms with Crippen molar-refractivity contribution in [3.63, 3.8) is 0 Å². The van der Waals surface area contributed by atoms with E-state index in [-0.39, 0.29) is 11.6 Å². The van der Waals surface area contributed by atoms with Crippen LogP contribution in [0.1, 0.15) is 38.8 Å². The van der Waals surface area contributed by atoms with Crippen LogP contribution in [-0.2, 0) is 4.74 Å². The number of benzene rings is 1. The lowest BCUT2D eigenvalue weighted by Gasteiger charge is -2.23. The molecule has 0 spiro atoms. The van der Waals surface area contributed by atoms with Gasteiger partial charge in [0, 0.05) is 30.2 Å². The van der Waals surface area contributed by atoms with Crippen molar-refractivity contribution in [1.29, 1.82) is 0 Å². The maximum Gasteiger partial charge on any atom is 0.124 e. The second-order valence-electron chi connectivity index (χ2n) is 5.03. The van der Waals surface area contributed by atoms with Gasteiger partial charge >= 0.3 is 0 Å². The van der Waals surface area contributed by atoms with Gasteiger partial charge in [-0.2, -0.15) is 0 Å². The van der Waals surface area contributed by atoms with Gasteiger partial charge < -0.3 is 15.2 Å². The summed E-state index contributed by atoms with van der Waals surface area (Å²) >= 11 is 5.96. The number of halogens is 1. The topological polar surface area (TPSA) is 44.5 Å². The molecule has 0 fully saturated rings. The van der Waals surface area contributed by atoms with Crippen molar-refractivity contribution in [2.24, 2.45) is 5.73 Å². The molecule has 0 aliphatic heterocycles. The maximum absolute atomic E-state index is 5.96. The van der Waals surface area contributed by atoms with Crippen LogP contribution >= 0.6 is 11.6 Å². The Morgan fingerprint density at radius 1 is 1.39 bits per heavy atom. The maximum atomic E-state index is 5.96. The fraction of sp³-hybridized carbons (Fsp3) is 0.571. The Balaban J connectivity index is 2.67. The summed E-state index contributed by atoms with van der Waals surface area (Å²) in [6.45, 7) is 6.56. The molecular weight excluding hydrogens is 250 g/mol. The average molecular weight is 272 g/mol. The molecule has 1 aromatic carbocycles. The predicted molar refractivity (Wildman–Crippen MR) is 75.3 cm³/mol. The van der Waals surface area contributed by atoms with Crippen LogP contribution in [0.4, 0.5) is 0 Å². The van der Waals surface area contributed by atoms with Crippen molar-refractivity contribution in [3.05, 3.63) is 28.8 Å². The van der Waals surface area contributed by atoms with Gasteiger partial charge in [-0.3, -0.25) is 0 Å². The van der Waals surface area contributed by atoms with Crippen LogP contribution in [0.15, 0.2) is 18.2 Å². The summed E-state index contributed by atoms with van der Waals surface area (Å²) in [6.07, 6.45) is 0.810. The first-order valence-corrected chi connectivity index (χ1v) is 6.46. The fourth-order valence-electron chi connectivity index (χ4n) is 1.52. The molecule has 1 rings (SSSR count). The Morgan fingerprint density at radius 3 is 2.61 bits per heavy atom. The van der Waals surface area contributed by atoms with Crippen LogP contribution in [0.2, 0.25) is 5.02 Å². The minimum atomic E-state index is -0.180. The third kappa shape index (κ3) is 4.48. The highest BCUT2D eigenvalue weighted by Crippen LogP contribution is 2.27. The number of hydrogen-bond donors (Lipinski definition) is 1. The SMILES string of the molecule is COC(C)(C)CCOc1ccc(Cl)cc1C(C)N. The van der Waals surface area contributed by atoms with Crippen LogP contribution in [0.25, 0.3) is 0 Å². The van der Waals surface area contributed by atoms with Gasteiger partial charge in [0.05, 0.1) is 12.2 Å². The Labute approximate surface area is 114 Å². The Bertz CT molecular complexity index is 391. The van der Waals surface area contributed by atoms with Crippen molar-refractivity contribution in [2.45, 2.75) is 38.8 Å². The quantitative estimate of drug-likeness (QED) is 0.860. The van der Waals surface area contributed by atoms with E-state index in [1.807, 2.05) is 39.0 Å². The number of nitrogens with two attached hydrogens (primary N) is 1. The van der Waals surface area contributed by atoms with Crippen LogP contribution in [-0.4, -0.2) is 19.3 Å². The standard InChI is InChI=1S/C14H22ClNO2/c1-10(16)12-9-11(15)5-6-13(12)18-8-7-14(2,3)17-4/h5-6,9-10H,7-8,16H2,1-4H3. The number of ether oxygens (including phenoxy) is 2. The molecule has 0 aromatic heterocycles. The van der Waals surface area contributed by atoms with Gasteiger partial charge in [-0.25, -0.2) is 0 Å². The molecule has 1 atom stereocenters. The fourth-order valence-corrected chi connectivity index (χ4v) is 1.70. The number of hydrogen-bond acceptors (Lipinski definition) is 3. The minimum absolute atomic E-state index is 0.103. The van der Waals surface area contributed by atoms with Gasteiger partial charge in [0.2, 0.25) is 0 Å². The van der Waals surface area contributed by atoms with E-state index in [1.54, 1.807) is 7.11 Å². The normalized spacial score (nSPS) is 13.4. The van der Waals surface area contributed by atoms with Gasteiger partial charge in [-0.05, 0) is 39.0 Å². The lowest BCUT2D eigenvalue weighted by Crippen LogP contribution is -2.25. The van der Waals surface area contributed by atoms with E-state index in [4.69, 9.17) is 26.8 Å². The van der Waals surface area contributed by atoms with E-state index >= 15 is 0 Å². The molecule has 0 saturated carbocycles. The zero-order chi connectivity index (χ0) is 13.8. The second-order valence-corrected chi connectivity index (χ2v) is 5.47. The highest BCUT2D eigenvalue weighted by atomic mass is 35.5. The van der Waals surface area contributed by atoms with Crippen LogP contribution < -0.4 is 10.5 Å². The summed E-state index contributed by atoms with van der Waals surface area (Å²) in [5.41, 5.74) is 6.65. The molecule has 0 amide bonds. The largest absolute Gasteiger partial charge is 0.493 e. The molecule has 0 aliphatic rings. The zero-order valence-corrected chi connectivity index (χ0v) is 12.3. The summed E-state index contributed by atoms with van der Waals surface area (Å²) in [5, 5.41) is 0.673. The van der Waals surface area contributed by atoms with Crippen molar-refractivity contribution in [2.75, 3.05) is 13.7 Å². The second kappa shape index (κ2) is 6.41. The molecule has 0 bridgehead atoms. The van der Waals surface area contributed by atoms with E-state index < -0.39 is 0 Å². The van der Waals surface area contributed by atoms with Gasteiger partial charge in [0.25, 0.3) is 0 Å². The monoisotopic (exact) mass is 271 g/mol. The summed E-state index contributed by atoms with van der Waals surface area (Å²) in [7, 11) is 1.70. The van der Waals surface area contributed by atoms with Gasteiger partial charge in [-0.1, -0.05) is 11.6 Å².